The predicted octanol–water partition coefficient (Wildman–Crippen LogP) is 2.98. The molecule has 144 valence electrons. The molecule has 3 rings (SSSR count). The Morgan fingerprint density at radius 3 is 2.33 bits per heavy atom. The number of aryl methyl sites for hydroxylation is 2. The first kappa shape index (κ1) is 19.4. The molecule has 27 heavy (non-hydrogen) atoms. The fourth-order valence-corrected chi connectivity index (χ4v) is 3.97. The van der Waals surface area contributed by atoms with E-state index in [9.17, 15) is 13.2 Å². The maximum atomic E-state index is 12.5. The van der Waals surface area contributed by atoms with Gasteiger partial charge in [-0.3, -0.25) is 10.2 Å². The van der Waals surface area contributed by atoms with Crippen LogP contribution in [0.4, 0.5) is 0 Å². The van der Waals surface area contributed by atoms with Gasteiger partial charge >= 0.3 is 0 Å². The second-order valence-corrected chi connectivity index (χ2v) is 8.57. The molecule has 1 amide bonds. The highest BCUT2D eigenvalue weighted by molar-refractivity contribution is 7.89. The Kier molecular flexibility index (Phi) is 5.82. The summed E-state index contributed by atoms with van der Waals surface area (Å²) in [6.07, 6.45) is 4.10. The molecule has 0 aromatic heterocycles. The second-order valence-electron chi connectivity index (χ2n) is 6.89. The van der Waals surface area contributed by atoms with Crippen LogP contribution in [0.25, 0.3) is 0 Å². The molecule has 0 aliphatic heterocycles. The molecule has 0 heterocycles. The highest BCUT2D eigenvalue weighted by Crippen LogP contribution is 2.24. The quantitative estimate of drug-likeness (QED) is 0.745. The van der Waals surface area contributed by atoms with Crippen LogP contribution in [0.1, 0.15) is 48.2 Å². The minimum absolute atomic E-state index is 0.0353. The molecular formula is C20H24N2O4S. The Labute approximate surface area is 160 Å². The van der Waals surface area contributed by atoms with Crippen LogP contribution in [0.5, 0.6) is 5.75 Å². The number of carbonyl (C=O) groups excluding carboxylic acids is 1. The molecule has 0 bridgehead atoms. The lowest BCUT2D eigenvalue weighted by Gasteiger charge is -2.17. The van der Waals surface area contributed by atoms with Gasteiger partial charge in [0, 0.05) is 5.56 Å². The monoisotopic (exact) mass is 388 g/mol. The van der Waals surface area contributed by atoms with Crippen LogP contribution in [0.2, 0.25) is 0 Å². The van der Waals surface area contributed by atoms with Crippen LogP contribution in [0.15, 0.2) is 47.4 Å². The summed E-state index contributed by atoms with van der Waals surface area (Å²) in [5.74, 6) is 0.115. The highest BCUT2D eigenvalue weighted by atomic mass is 32.2. The third-order valence-corrected chi connectivity index (χ3v) is 5.66. The van der Waals surface area contributed by atoms with Gasteiger partial charge in [-0.15, -0.1) is 4.83 Å². The largest absolute Gasteiger partial charge is 0.491 e. The molecule has 2 aromatic carbocycles. The summed E-state index contributed by atoms with van der Waals surface area (Å²) >= 11 is 0. The van der Waals surface area contributed by atoms with Crippen molar-refractivity contribution in [1.82, 2.24) is 10.3 Å². The molecule has 2 N–H and O–H groups in total. The van der Waals surface area contributed by atoms with Crippen molar-refractivity contribution in [3.8, 4) is 5.75 Å². The molecule has 0 saturated carbocycles. The van der Waals surface area contributed by atoms with Crippen molar-refractivity contribution in [2.75, 3.05) is 0 Å². The van der Waals surface area contributed by atoms with Crippen molar-refractivity contribution in [3.63, 3.8) is 0 Å². The number of hydrogen-bond donors (Lipinski definition) is 2. The number of hydrogen-bond acceptors (Lipinski definition) is 4. The van der Waals surface area contributed by atoms with E-state index in [1.54, 1.807) is 36.4 Å². The van der Waals surface area contributed by atoms with E-state index in [4.69, 9.17) is 4.74 Å². The summed E-state index contributed by atoms with van der Waals surface area (Å²) in [4.78, 5) is 14.5. The number of rotatable bonds is 6. The van der Waals surface area contributed by atoms with Crippen LogP contribution < -0.4 is 15.0 Å². The number of fused-ring (bicyclic) bond motifs is 1. The Hall–Kier alpha value is -2.38. The van der Waals surface area contributed by atoms with Crippen molar-refractivity contribution in [1.29, 1.82) is 0 Å². The maximum Gasteiger partial charge on any atom is 0.266 e. The lowest BCUT2D eigenvalue weighted by Crippen LogP contribution is -2.41. The summed E-state index contributed by atoms with van der Waals surface area (Å²) in [6, 6.07) is 11.6. The Bertz CT molecular complexity index is 921. The van der Waals surface area contributed by atoms with E-state index in [2.05, 4.69) is 10.3 Å². The second kappa shape index (κ2) is 8.10. The van der Waals surface area contributed by atoms with Crippen LogP contribution in [0, 0.1) is 0 Å². The van der Waals surface area contributed by atoms with Crippen molar-refractivity contribution in [2.45, 2.75) is 50.5 Å². The van der Waals surface area contributed by atoms with Gasteiger partial charge in [-0.2, -0.15) is 0 Å². The zero-order valence-corrected chi connectivity index (χ0v) is 16.3. The van der Waals surface area contributed by atoms with Gasteiger partial charge in [-0.25, -0.2) is 8.42 Å². The standard InChI is InChI=1S/C20H24N2O4S/c1-14(2)26-18-10-7-16(8-11-18)20(23)21-22-27(24,25)19-12-9-15-5-3-4-6-17(15)13-19/h7-14,22H,3-6H2,1-2H3,(H,21,23). The molecule has 1 aliphatic carbocycles. The average Bonchev–Trinajstić information content (AvgIpc) is 2.66. The fraction of sp³-hybridized carbons (Fsp3) is 0.350. The molecule has 1 aliphatic rings. The van der Waals surface area contributed by atoms with Crippen LogP contribution in [-0.4, -0.2) is 20.4 Å². The van der Waals surface area contributed by atoms with Gasteiger partial charge in [0.15, 0.2) is 0 Å². The Morgan fingerprint density at radius 1 is 1.00 bits per heavy atom. The van der Waals surface area contributed by atoms with Crippen molar-refractivity contribution >= 4 is 15.9 Å². The zero-order chi connectivity index (χ0) is 19.4. The summed E-state index contributed by atoms with van der Waals surface area (Å²) in [6.45, 7) is 3.83. The molecule has 0 atom stereocenters. The number of carbonyl (C=O) groups is 1. The van der Waals surface area contributed by atoms with Crippen molar-refractivity contribution < 1.29 is 17.9 Å². The lowest BCUT2D eigenvalue weighted by molar-refractivity contribution is 0.0945. The van der Waals surface area contributed by atoms with E-state index in [1.807, 2.05) is 19.9 Å². The molecule has 0 unspecified atom stereocenters. The first-order chi connectivity index (χ1) is 12.8. The van der Waals surface area contributed by atoms with Gasteiger partial charge in [0.05, 0.1) is 11.0 Å². The summed E-state index contributed by atoms with van der Waals surface area (Å²) in [7, 11) is -3.83. The number of sulfonamides is 1. The summed E-state index contributed by atoms with van der Waals surface area (Å²) in [5, 5.41) is 0. The third kappa shape index (κ3) is 4.87. The molecule has 0 saturated heterocycles. The van der Waals surface area contributed by atoms with Gasteiger partial charge in [-0.1, -0.05) is 6.07 Å². The van der Waals surface area contributed by atoms with E-state index >= 15 is 0 Å². The SMILES string of the molecule is CC(C)Oc1ccc(C(=O)NNS(=O)(=O)c2ccc3c(c2)CCCC3)cc1. The normalized spacial score (nSPS) is 13.9. The first-order valence-electron chi connectivity index (χ1n) is 9.06. The van der Waals surface area contributed by atoms with Gasteiger partial charge in [-0.05, 0) is 87.1 Å². The van der Waals surface area contributed by atoms with Crippen LogP contribution in [-0.2, 0) is 22.9 Å². The molecule has 6 nitrogen and oxygen atoms in total. The number of benzene rings is 2. The molecule has 0 fully saturated rings. The lowest BCUT2D eigenvalue weighted by atomic mass is 9.92. The van der Waals surface area contributed by atoms with E-state index in [0.717, 1.165) is 31.2 Å². The zero-order valence-electron chi connectivity index (χ0n) is 15.5. The number of amides is 1. The van der Waals surface area contributed by atoms with E-state index in [0.29, 0.717) is 11.3 Å². The average molecular weight is 388 g/mol. The minimum atomic E-state index is -3.83. The summed E-state index contributed by atoms with van der Waals surface area (Å²) < 4.78 is 30.5. The van der Waals surface area contributed by atoms with E-state index in [1.165, 1.54) is 5.56 Å². The fourth-order valence-electron chi connectivity index (χ4n) is 3.08. The van der Waals surface area contributed by atoms with Crippen LogP contribution >= 0.6 is 0 Å². The smallest absolute Gasteiger partial charge is 0.266 e. The maximum absolute atomic E-state index is 12.5. The topological polar surface area (TPSA) is 84.5 Å². The van der Waals surface area contributed by atoms with Gasteiger partial charge in [0.2, 0.25) is 0 Å². The third-order valence-electron chi connectivity index (χ3n) is 4.42. The number of nitrogens with one attached hydrogen (secondary N) is 2. The van der Waals surface area contributed by atoms with Crippen molar-refractivity contribution in [2.24, 2.45) is 0 Å². The van der Waals surface area contributed by atoms with Crippen molar-refractivity contribution in [3.05, 3.63) is 59.2 Å². The van der Waals surface area contributed by atoms with E-state index < -0.39 is 15.9 Å². The number of ether oxygens (including phenoxy) is 1. The van der Waals surface area contributed by atoms with Gasteiger partial charge in [0.25, 0.3) is 15.9 Å². The highest BCUT2D eigenvalue weighted by Gasteiger charge is 2.19. The predicted molar refractivity (Wildman–Crippen MR) is 103 cm³/mol. The Balaban J connectivity index is 1.65. The molecular weight excluding hydrogens is 364 g/mol. The Morgan fingerprint density at radius 2 is 1.67 bits per heavy atom. The van der Waals surface area contributed by atoms with Gasteiger partial charge in [0.1, 0.15) is 5.75 Å². The minimum Gasteiger partial charge on any atom is -0.491 e. The molecule has 0 radical (unpaired) electrons. The van der Waals surface area contributed by atoms with E-state index in [-0.39, 0.29) is 11.0 Å². The van der Waals surface area contributed by atoms with Crippen LogP contribution in [0.3, 0.4) is 0 Å². The summed E-state index contributed by atoms with van der Waals surface area (Å²) in [5.41, 5.74) is 4.86. The molecule has 2 aromatic rings. The number of hydrazine groups is 1. The molecule has 7 heteroatoms. The van der Waals surface area contributed by atoms with Gasteiger partial charge < -0.3 is 4.74 Å². The molecule has 0 spiro atoms. The first-order valence-corrected chi connectivity index (χ1v) is 10.5.